The molecule has 1 rings (SSSR count). The molecule has 0 aliphatic rings. The minimum absolute atomic E-state index is 0.168. The normalized spacial score (nSPS) is 11.3. The largest absolute Gasteiger partial charge is 0.351 e. The summed E-state index contributed by atoms with van der Waals surface area (Å²) in [7, 11) is -2.19. The molecule has 0 bridgehead atoms. The van der Waals surface area contributed by atoms with E-state index in [0.717, 1.165) is 12.1 Å². The van der Waals surface area contributed by atoms with Crippen molar-refractivity contribution in [1.82, 2.24) is 10.0 Å². The van der Waals surface area contributed by atoms with Crippen molar-refractivity contribution in [2.24, 2.45) is 0 Å². The van der Waals surface area contributed by atoms with E-state index >= 15 is 0 Å². The summed E-state index contributed by atoms with van der Waals surface area (Å²) in [4.78, 5) is 11.5. The average molecular weight is 278 g/mol. The maximum Gasteiger partial charge on any atom is 0.254 e. The number of hydrogen-bond donors (Lipinski definition) is 2. The predicted molar refractivity (Wildman–Crippen MR) is 61.5 cm³/mol. The van der Waals surface area contributed by atoms with Crippen LogP contribution in [0.5, 0.6) is 0 Å². The lowest BCUT2D eigenvalue weighted by molar-refractivity contribution is 0.0952. The first-order chi connectivity index (χ1) is 8.35. The fourth-order valence-corrected chi connectivity index (χ4v) is 1.74. The first-order valence-corrected chi connectivity index (χ1v) is 6.65. The van der Waals surface area contributed by atoms with Gasteiger partial charge in [-0.3, -0.25) is 4.79 Å². The molecule has 0 aliphatic heterocycles. The number of rotatable bonds is 5. The molecule has 0 aliphatic carbocycles. The van der Waals surface area contributed by atoms with Crippen molar-refractivity contribution < 1.29 is 22.0 Å². The van der Waals surface area contributed by atoms with Crippen molar-refractivity contribution in [2.45, 2.75) is 0 Å². The van der Waals surface area contributed by atoms with Crippen molar-refractivity contribution in [2.75, 3.05) is 19.3 Å². The number of benzene rings is 1. The molecule has 2 N–H and O–H groups in total. The smallest absolute Gasteiger partial charge is 0.254 e. The van der Waals surface area contributed by atoms with Gasteiger partial charge in [0.05, 0.1) is 11.3 Å². The lowest BCUT2D eigenvalue weighted by Crippen LogP contribution is -2.33. The Kier molecular flexibility index (Phi) is 4.74. The summed E-state index contributed by atoms with van der Waals surface area (Å²) in [6, 6.07) is 2.52. The molecule has 0 atom stereocenters. The fraction of sp³-hybridized carbons (Fsp3) is 0.300. The van der Waals surface area contributed by atoms with E-state index in [1.165, 1.54) is 7.05 Å². The standard InChI is InChI=1S/C10H12F2N2O3S/c1-13-18(16,17)5-4-14-10(15)8-3-2-7(11)6-9(8)12/h2-3,6,13H,4-5H2,1H3,(H,14,15). The topological polar surface area (TPSA) is 75.3 Å². The zero-order valence-corrected chi connectivity index (χ0v) is 10.4. The molecule has 8 heteroatoms. The van der Waals surface area contributed by atoms with Gasteiger partial charge in [0, 0.05) is 12.6 Å². The summed E-state index contributed by atoms with van der Waals surface area (Å²) in [5.74, 6) is -2.90. The molecule has 0 fully saturated rings. The van der Waals surface area contributed by atoms with Crippen LogP contribution in [-0.2, 0) is 10.0 Å². The van der Waals surface area contributed by atoms with Crippen molar-refractivity contribution >= 4 is 15.9 Å². The number of amides is 1. The highest BCUT2D eigenvalue weighted by Crippen LogP contribution is 2.08. The molecule has 18 heavy (non-hydrogen) atoms. The van der Waals surface area contributed by atoms with Gasteiger partial charge in [0.25, 0.3) is 5.91 Å². The molecular weight excluding hydrogens is 266 g/mol. The Morgan fingerprint density at radius 3 is 2.56 bits per heavy atom. The maximum atomic E-state index is 13.2. The highest BCUT2D eigenvalue weighted by atomic mass is 32.2. The van der Waals surface area contributed by atoms with E-state index in [1.807, 2.05) is 0 Å². The third-order valence-corrected chi connectivity index (χ3v) is 3.51. The van der Waals surface area contributed by atoms with E-state index < -0.39 is 27.6 Å². The van der Waals surface area contributed by atoms with Crippen LogP contribution < -0.4 is 10.0 Å². The third kappa shape index (κ3) is 4.04. The molecule has 0 radical (unpaired) electrons. The zero-order chi connectivity index (χ0) is 13.8. The van der Waals surface area contributed by atoms with E-state index in [2.05, 4.69) is 10.0 Å². The molecule has 0 saturated carbocycles. The van der Waals surface area contributed by atoms with Gasteiger partial charge < -0.3 is 5.32 Å². The number of sulfonamides is 1. The van der Waals surface area contributed by atoms with Gasteiger partial charge in [-0.15, -0.1) is 0 Å². The Hall–Kier alpha value is -1.54. The van der Waals surface area contributed by atoms with E-state index in [9.17, 15) is 22.0 Å². The number of carbonyl (C=O) groups is 1. The van der Waals surface area contributed by atoms with Gasteiger partial charge in [0.1, 0.15) is 11.6 Å². The van der Waals surface area contributed by atoms with Crippen LogP contribution in [0.15, 0.2) is 18.2 Å². The van der Waals surface area contributed by atoms with Gasteiger partial charge in [-0.25, -0.2) is 21.9 Å². The molecule has 1 aromatic rings. The minimum atomic E-state index is -3.43. The maximum absolute atomic E-state index is 13.2. The Morgan fingerprint density at radius 2 is 2.00 bits per heavy atom. The van der Waals surface area contributed by atoms with Crippen LogP contribution in [0.3, 0.4) is 0 Å². The second kappa shape index (κ2) is 5.87. The van der Waals surface area contributed by atoms with Crippen LogP contribution in [0.25, 0.3) is 0 Å². The van der Waals surface area contributed by atoms with Crippen LogP contribution in [0, 0.1) is 11.6 Å². The molecule has 1 aromatic carbocycles. The second-order valence-electron chi connectivity index (χ2n) is 3.40. The number of nitrogens with one attached hydrogen (secondary N) is 2. The Morgan fingerprint density at radius 1 is 1.33 bits per heavy atom. The number of halogens is 2. The van der Waals surface area contributed by atoms with Gasteiger partial charge >= 0.3 is 0 Å². The van der Waals surface area contributed by atoms with Crippen LogP contribution in [0.1, 0.15) is 10.4 Å². The summed E-state index contributed by atoms with van der Waals surface area (Å²) in [6.07, 6.45) is 0. The SMILES string of the molecule is CNS(=O)(=O)CCNC(=O)c1ccc(F)cc1F. The molecule has 1 amide bonds. The molecule has 100 valence electrons. The van der Waals surface area contributed by atoms with Gasteiger partial charge in [0.2, 0.25) is 10.0 Å². The van der Waals surface area contributed by atoms with Crippen molar-refractivity contribution in [3.63, 3.8) is 0 Å². The number of hydrogen-bond acceptors (Lipinski definition) is 3. The van der Waals surface area contributed by atoms with Crippen LogP contribution in [0.4, 0.5) is 8.78 Å². The second-order valence-corrected chi connectivity index (χ2v) is 5.45. The summed E-state index contributed by atoms with van der Waals surface area (Å²) >= 11 is 0. The number of carbonyl (C=O) groups excluding carboxylic acids is 1. The summed E-state index contributed by atoms with van der Waals surface area (Å²) in [5.41, 5.74) is -0.335. The quantitative estimate of drug-likeness (QED) is 0.810. The lowest BCUT2D eigenvalue weighted by Gasteiger charge is -2.06. The molecular formula is C10H12F2N2O3S. The van der Waals surface area contributed by atoms with Gasteiger partial charge in [0.15, 0.2) is 0 Å². The first-order valence-electron chi connectivity index (χ1n) is 5.00. The highest BCUT2D eigenvalue weighted by Gasteiger charge is 2.13. The third-order valence-electron chi connectivity index (χ3n) is 2.14. The van der Waals surface area contributed by atoms with Gasteiger partial charge in [-0.1, -0.05) is 0 Å². The van der Waals surface area contributed by atoms with E-state index in [1.54, 1.807) is 0 Å². The molecule has 0 saturated heterocycles. The molecule has 0 heterocycles. The Bertz CT molecular complexity index is 546. The van der Waals surface area contributed by atoms with Crippen molar-refractivity contribution in [3.8, 4) is 0 Å². The summed E-state index contributed by atoms with van der Waals surface area (Å²) in [5, 5.41) is 2.23. The highest BCUT2D eigenvalue weighted by molar-refractivity contribution is 7.89. The van der Waals surface area contributed by atoms with Crippen molar-refractivity contribution in [1.29, 1.82) is 0 Å². The average Bonchev–Trinajstić information content (AvgIpc) is 2.28. The van der Waals surface area contributed by atoms with Gasteiger partial charge in [-0.05, 0) is 19.2 Å². The first kappa shape index (κ1) is 14.5. The van der Waals surface area contributed by atoms with Crippen LogP contribution >= 0.6 is 0 Å². The van der Waals surface area contributed by atoms with Crippen LogP contribution in [0.2, 0.25) is 0 Å². The molecule has 5 nitrogen and oxygen atoms in total. The van der Waals surface area contributed by atoms with E-state index in [-0.39, 0.29) is 17.9 Å². The van der Waals surface area contributed by atoms with E-state index in [0.29, 0.717) is 6.07 Å². The van der Waals surface area contributed by atoms with Gasteiger partial charge in [-0.2, -0.15) is 0 Å². The molecule has 0 aromatic heterocycles. The predicted octanol–water partition coefficient (Wildman–Crippen LogP) is 0.244. The lowest BCUT2D eigenvalue weighted by atomic mass is 10.2. The summed E-state index contributed by atoms with van der Waals surface area (Å²) in [6.45, 7) is -0.168. The van der Waals surface area contributed by atoms with Crippen molar-refractivity contribution in [3.05, 3.63) is 35.4 Å². The Labute approximate surface area is 103 Å². The molecule has 0 unspecified atom stereocenters. The Balaban J connectivity index is 2.61. The monoisotopic (exact) mass is 278 g/mol. The zero-order valence-electron chi connectivity index (χ0n) is 9.54. The minimum Gasteiger partial charge on any atom is -0.351 e. The molecule has 0 spiro atoms. The van der Waals surface area contributed by atoms with E-state index in [4.69, 9.17) is 0 Å². The summed E-state index contributed by atoms with van der Waals surface area (Å²) < 4.78 is 50.0. The van der Waals surface area contributed by atoms with Crippen LogP contribution in [-0.4, -0.2) is 33.7 Å². The fourth-order valence-electron chi connectivity index (χ4n) is 1.17.